The standard InChI is InChI=1S/C22H21FN2O6/c1-3-30-19-11-14(8-9-18(19)31-13-20(26)29-2)10-17-21(27)25(22(28)24-17)12-15-6-4-5-7-16(15)23/h4-11H,3,12-13H2,1-2H3,(H,24,28)/b17-10+. The number of amides is 3. The highest BCUT2D eigenvalue weighted by Gasteiger charge is 2.34. The van der Waals surface area contributed by atoms with Gasteiger partial charge >= 0.3 is 12.0 Å². The molecular weight excluding hydrogens is 407 g/mol. The van der Waals surface area contributed by atoms with Gasteiger partial charge in [-0.2, -0.15) is 0 Å². The van der Waals surface area contributed by atoms with Crippen molar-refractivity contribution in [1.29, 1.82) is 0 Å². The highest BCUT2D eigenvalue weighted by Crippen LogP contribution is 2.30. The van der Waals surface area contributed by atoms with E-state index in [1.165, 1.54) is 31.4 Å². The number of nitrogens with one attached hydrogen (secondary N) is 1. The van der Waals surface area contributed by atoms with Crippen LogP contribution in [0.1, 0.15) is 18.1 Å². The molecule has 9 heteroatoms. The first-order chi connectivity index (χ1) is 14.9. The van der Waals surface area contributed by atoms with Crippen molar-refractivity contribution in [3.05, 3.63) is 65.1 Å². The summed E-state index contributed by atoms with van der Waals surface area (Å²) in [5.74, 6) is -0.914. The first kappa shape index (κ1) is 21.8. The molecular formula is C22H21FN2O6. The van der Waals surface area contributed by atoms with Gasteiger partial charge in [-0.25, -0.2) is 14.0 Å². The fourth-order valence-corrected chi connectivity index (χ4v) is 2.88. The molecule has 0 radical (unpaired) electrons. The molecule has 1 heterocycles. The van der Waals surface area contributed by atoms with Crippen LogP contribution in [0.5, 0.6) is 11.5 Å². The van der Waals surface area contributed by atoms with Gasteiger partial charge in [-0.15, -0.1) is 0 Å². The fourth-order valence-electron chi connectivity index (χ4n) is 2.88. The van der Waals surface area contributed by atoms with Crippen LogP contribution in [0.4, 0.5) is 9.18 Å². The number of hydrogen-bond donors (Lipinski definition) is 1. The van der Waals surface area contributed by atoms with Crippen LogP contribution in [0.25, 0.3) is 6.08 Å². The van der Waals surface area contributed by atoms with E-state index in [4.69, 9.17) is 9.47 Å². The van der Waals surface area contributed by atoms with Crippen LogP contribution in [0.3, 0.4) is 0 Å². The minimum absolute atomic E-state index is 0.0482. The van der Waals surface area contributed by atoms with Crippen molar-refractivity contribution in [3.8, 4) is 11.5 Å². The van der Waals surface area contributed by atoms with Gasteiger partial charge in [0.25, 0.3) is 5.91 Å². The molecule has 1 fully saturated rings. The molecule has 3 rings (SSSR count). The Balaban J connectivity index is 1.79. The number of hydrogen-bond acceptors (Lipinski definition) is 6. The number of imide groups is 1. The first-order valence-electron chi connectivity index (χ1n) is 9.47. The Labute approximate surface area is 178 Å². The second-order valence-corrected chi connectivity index (χ2v) is 6.47. The van der Waals surface area contributed by atoms with Crippen LogP contribution in [0.15, 0.2) is 48.2 Å². The predicted molar refractivity (Wildman–Crippen MR) is 109 cm³/mol. The van der Waals surface area contributed by atoms with E-state index >= 15 is 0 Å². The summed E-state index contributed by atoms with van der Waals surface area (Å²) >= 11 is 0. The van der Waals surface area contributed by atoms with Gasteiger partial charge in [0, 0.05) is 5.56 Å². The van der Waals surface area contributed by atoms with Gasteiger partial charge in [0.1, 0.15) is 11.5 Å². The fraction of sp³-hybridized carbons (Fsp3) is 0.227. The van der Waals surface area contributed by atoms with E-state index in [1.54, 1.807) is 31.2 Å². The van der Waals surface area contributed by atoms with Gasteiger partial charge < -0.3 is 19.5 Å². The van der Waals surface area contributed by atoms with Crippen LogP contribution in [-0.2, 0) is 20.9 Å². The summed E-state index contributed by atoms with van der Waals surface area (Å²) in [6.45, 7) is 1.67. The third kappa shape index (κ3) is 5.19. The summed E-state index contributed by atoms with van der Waals surface area (Å²) < 4.78 is 29.4. The first-order valence-corrected chi connectivity index (χ1v) is 9.47. The molecule has 8 nitrogen and oxygen atoms in total. The quantitative estimate of drug-likeness (QED) is 0.395. The summed E-state index contributed by atoms with van der Waals surface area (Å²) in [6.07, 6.45) is 1.48. The van der Waals surface area contributed by atoms with Gasteiger partial charge in [-0.1, -0.05) is 24.3 Å². The highest BCUT2D eigenvalue weighted by molar-refractivity contribution is 6.13. The molecule has 3 amide bonds. The van der Waals surface area contributed by atoms with Gasteiger partial charge in [0.2, 0.25) is 0 Å². The van der Waals surface area contributed by atoms with Crippen molar-refractivity contribution in [1.82, 2.24) is 10.2 Å². The second kappa shape index (κ2) is 9.75. The lowest BCUT2D eigenvalue weighted by molar-refractivity contribution is -0.142. The molecule has 1 N–H and O–H groups in total. The number of nitrogens with zero attached hydrogens (tertiary/aromatic N) is 1. The van der Waals surface area contributed by atoms with E-state index in [1.807, 2.05) is 0 Å². The maximum atomic E-state index is 13.9. The number of urea groups is 1. The number of carbonyl (C=O) groups is 3. The minimum atomic E-state index is -0.637. The Morgan fingerprint density at radius 1 is 1.13 bits per heavy atom. The molecule has 162 valence electrons. The number of halogens is 1. The molecule has 2 aromatic rings. The summed E-state index contributed by atoms with van der Waals surface area (Å²) in [6, 6.07) is 10.1. The molecule has 0 saturated carbocycles. The Kier molecular flexibility index (Phi) is 6.86. The molecule has 0 unspecified atom stereocenters. The number of esters is 1. The lowest BCUT2D eigenvalue weighted by Crippen LogP contribution is -2.30. The molecule has 2 aromatic carbocycles. The van der Waals surface area contributed by atoms with Gasteiger partial charge in [0.15, 0.2) is 18.1 Å². The number of ether oxygens (including phenoxy) is 3. The predicted octanol–water partition coefficient (Wildman–Crippen LogP) is 2.87. The molecule has 0 atom stereocenters. The van der Waals surface area contributed by atoms with Crippen LogP contribution in [0, 0.1) is 5.82 Å². The number of carbonyl (C=O) groups excluding carboxylic acids is 3. The van der Waals surface area contributed by atoms with Crippen molar-refractivity contribution < 1.29 is 33.0 Å². The number of methoxy groups -OCH3 is 1. The normalized spacial score (nSPS) is 14.5. The zero-order valence-corrected chi connectivity index (χ0v) is 17.0. The van der Waals surface area contributed by atoms with Crippen molar-refractivity contribution in [3.63, 3.8) is 0 Å². The van der Waals surface area contributed by atoms with Crippen molar-refractivity contribution >= 4 is 24.0 Å². The summed E-state index contributed by atoms with van der Waals surface area (Å²) in [7, 11) is 1.26. The van der Waals surface area contributed by atoms with E-state index in [0.29, 0.717) is 23.7 Å². The van der Waals surface area contributed by atoms with E-state index in [-0.39, 0.29) is 24.4 Å². The second-order valence-electron chi connectivity index (χ2n) is 6.47. The molecule has 31 heavy (non-hydrogen) atoms. The van der Waals surface area contributed by atoms with Crippen molar-refractivity contribution in [2.24, 2.45) is 0 Å². The highest BCUT2D eigenvalue weighted by atomic mass is 19.1. The maximum absolute atomic E-state index is 13.9. The Hall–Kier alpha value is -3.88. The largest absolute Gasteiger partial charge is 0.490 e. The van der Waals surface area contributed by atoms with Gasteiger partial charge in [0.05, 0.1) is 20.3 Å². The minimum Gasteiger partial charge on any atom is -0.490 e. The lowest BCUT2D eigenvalue weighted by atomic mass is 10.1. The van der Waals surface area contributed by atoms with E-state index in [9.17, 15) is 18.8 Å². The average Bonchev–Trinajstić information content (AvgIpc) is 3.02. The van der Waals surface area contributed by atoms with E-state index < -0.39 is 23.7 Å². The number of rotatable bonds is 8. The Bertz CT molecular complexity index is 1040. The lowest BCUT2D eigenvalue weighted by Gasteiger charge is -2.12. The molecule has 0 spiro atoms. The molecule has 1 aliphatic heterocycles. The number of benzene rings is 2. The van der Waals surface area contributed by atoms with Crippen LogP contribution >= 0.6 is 0 Å². The van der Waals surface area contributed by atoms with E-state index in [0.717, 1.165) is 4.90 Å². The van der Waals surface area contributed by atoms with Crippen LogP contribution < -0.4 is 14.8 Å². The van der Waals surface area contributed by atoms with E-state index in [2.05, 4.69) is 10.1 Å². The summed E-state index contributed by atoms with van der Waals surface area (Å²) in [5, 5.41) is 2.50. The molecule has 0 bridgehead atoms. The SMILES string of the molecule is CCOc1cc(/C=C2/NC(=O)N(Cc3ccccc3F)C2=O)ccc1OCC(=O)OC. The Morgan fingerprint density at radius 2 is 1.90 bits per heavy atom. The van der Waals surface area contributed by atoms with Gasteiger partial charge in [-0.3, -0.25) is 9.69 Å². The zero-order chi connectivity index (χ0) is 22.4. The summed E-state index contributed by atoms with van der Waals surface area (Å²) in [5.41, 5.74) is 0.843. The zero-order valence-electron chi connectivity index (χ0n) is 17.0. The van der Waals surface area contributed by atoms with Crippen LogP contribution in [-0.4, -0.2) is 43.1 Å². The molecule has 1 saturated heterocycles. The molecule has 1 aliphatic rings. The third-order valence-corrected chi connectivity index (χ3v) is 4.40. The van der Waals surface area contributed by atoms with Crippen molar-refractivity contribution in [2.45, 2.75) is 13.5 Å². The van der Waals surface area contributed by atoms with Crippen LogP contribution in [0.2, 0.25) is 0 Å². The summed E-state index contributed by atoms with van der Waals surface area (Å²) in [4.78, 5) is 37.1. The third-order valence-electron chi connectivity index (χ3n) is 4.40. The maximum Gasteiger partial charge on any atom is 0.343 e. The van der Waals surface area contributed by atoms with Crippen molar-refractivity contribution in [2.75, 3.05) is 20.3 Å². The average molecular weight is 428 g/mol. The van der Waals surface area contributed by atoms with Gasteiger partial charge in [-0.05, 0) is 36.8 Å². The topological polar surface area (TPSA) is 94.2 Å². The molecule has 0 aromatic heterocycles. The molecule has 0 aliphatic carbocycles. The monoisotopic (exact) mass is 428 g/mol. The smallest absolute Gasteiger partial charge is 0.343 e. The Morgan fingerprint density at radius 3 is 2.61 bits per heavy atom.